The van der Waals surface area contributed by atoms with Gasteiger partial charge in [0.2, 0.25) is 5.91 Å². The highest BCUT2D eigenvalue weighted by molar-refractivity contribution is 5.91. The summed E-state index contributed by atoms with van der Waals surface area (Å²) in [6.45, 7) is 2.45. The number of amides is 1. The number of benzene rings is 2. The van der Waals surface area contributed by atoms with Crippen LogP contribution >= 0.6 is 0 Å². The van der Waals surface area contributed by atoms with E-state index in [2.05, 4.69) is 5.32 Å². The quantitative estimate of drug-likeness (QED) is 0.657. The Labute approximate surface area is 146 Å². The van der Waals surface area contributed by atoms with Crippen molar-refractivity contribution in [2.75, 3.05) is 11.9 Å². The van der Waals surface area contributed by atoms with Crippen molar-refractivity contribution in [2.45, 2.75) is 32.1 Å². The second-order valence-corrected chi connectivity index (χ2v) is 6.08. The molecule has 130 valence electrons. The van der Waals surface area contributed by atoms with Crippen molar-refractivity contribution < 1.29 is 14.5 Å². The van der Waals surface area contributed by atoms with Crippen LogP contribution in [-0.2, 0) is 11.2 Å². The van der Waals surface area contributed by atoms with E-state index < -0.39 is 4.92 Å². The third-order valence-electron chi connectivity index (χ3n) is 4.46. The van der Waals surface area contributed by atoms with Gasteiger partial charge in [0.25, 0.3) is 5.69 Å². The molecule has 2 aromatic rings. The van der Waals surface area contributed by atoms with Crippen molar-refractivity contribution in [3.63, 3.8) is 0 Å². The summed E-state index contributed by atoms with van der Waals surface area (Å²) < 4.78 is 5.61. The smallest absolute Gasteiger partial charge is 0.274 e. The molecule has 1 N–H and O–H groups in total. The minimum Gasteiger partial charge on any atom is -0.493 e. The number of ether oxygens (including phenoxy) is 1. The summed E-state index contributed by atoms with van der Waals surface area (Å²) in [5, 5.41) is 13.9. The summed E-state index contributed by atoms with van der Waals surface area (Å²) in [6, 6.07) is 12.6. The molecular formula is C19H20N2O4. The highest BCUT2D eigenvalue weighted by atomic mass is 16.6. The Bertz CT molecular complexity index is 804. The van der Waals surface area contributed by atoms with E-state index in [0.29, 0.717) is 30.7 Å². The summed E-state index contributed by atoms with van der Waals surface area (Å²) in [5.41, 5.74) is 2.18. The molecule has 1 atom stereocenters. The van der Waals surface area contributed by atoms with Gasteiger partial charge in [-0.25, -0.2) is 0 Å². The van der Waals surface area contributed by atoms with Crippen LogP contribution in [0.5, 0.6) is 5.75 Å². The largest absolute Gasteiger partial charge is 0.493 e. The molecule has 1 heterocycles. The van der Waals surface area contributed by atoms with Crippen molar-refractivity contribution in [3.05, 3.63) is 63.7 Å². The van der Waals surface area contributed by atoms with E-state index >= 15 is 0 Å². The molecule has 0 bridgehead atoms. The SMILES string of the molecule is CCc1ccc(NC(=O)CC2CCOc3ccccc32)cc1[N+](=O)[O-]. The summed E-state index contributed by atoms with van der Waals surface area (Å²) in [6.07, 6.45) is 1.67. The van der Waals surface area contributed by atoms with Gasteiger partial charge in [-0.15, -0.1) is 0 Å². The Kier molecular flexibility index (Phi) is 4.97. The molecule has 6 heteroatoms. The summed E-state index contributed by atoms with van der Waals surface area (Å²) in [7, 11) is 0. The van der Waals surface area contributed by atoms with Gasteiger partial charge >= 0.3 is 0 Å². The van der Waals surface area contributed by atoms with Crippen LogP contribution in [0.25, 0.3) is 0 Å². The average molecular weight is 340 g/mol. The van der Waals surface area contributed by atoms with E-state index in [0.717, 1.165) is 17.7 Å². The van der Waals surface area contributed by atoms with Gasteiger partial charge in [-0.05, 0) is 36.5 Å². The second-order valence-electron chi connectivity index (χ2n) is 6.08. The Hall–Kier alpha value is -2.89. The molecule has 1 unspecified atom stereocenters. The highest BCUT2D eigenvalue weighted by Crippen LogP contribution is 2.35. The van der Waals surface area contributed by atoms with Crippen LogP contribution in [0.1, 0.15) is 36.8 Å². The lowest BCUT2D eigenvalue weighted by molar-refractivity contribution is -0.385. The lowest BCUT2D eigenvalue weighted by atomic mass is 9.90. The molecule has 0 spiro atoms. The molecule has 0 fully saturated rings. The standard InChI is InChI=1S/C19H20N2O4/c1-2-13-7-8-15(12-17(13)21(23)24)20-19(22)11-14-9-10-25-18-6-4-3-5-16(14)18/h3-8,12,14H,2,9-11H2,1H3,(H,20,22). The van der Waals surface area contributed by atoms with Crippen LogP contribution in [0.2, 0.25) is 0 Å². The zero-order chi connectivity index (χ0) is 17.8. The molecule has 6 nitrogen and oxygen atoms in total. The molecule has 1 aliphatic heterocycles. The highest BCUT2D eigenvalue weighted by Gasteiger charge is 2.24. The minimum absolute atomic E-state index is 0.0386. The maximum atomic E-state index is 12.4. The number of rotatable bonds is 5. The van der Waals surface area contributed by atoms with Crippen molar-refractivity contribution in [3.8, 4) is 5.75 Å². The summed E-state index contributed by atoms with van der Waals surface area (Å²) >= 11 is 0. The molecule has 25 heavy (non-hydrogen) atoms. The number of para-hydroxylation sites is 1. The van der Waals surface area contributed by atoms with Crippen LogP contribution in [-0.4, -0.2) is 17.4 Å². The maximum Gasteiger partial charge on any atom is 0.274 e. The number of carbonyl (C=O) groups excluding carboxylic acids is 1. The van der Waals surface area contributed by atoms with Crippen LogP contribution in [0.15, 0.2) is 42.5 Å². The molecule has 2 aromatic carbocycles. The Morgan fingerprint density at radius 2 is 2.12 bits per heavy atom. The molecule has 0 aliphatic carbocycles. The van der Waals surface area contributed by atoms with Gasteiger partial charge in [-0.3, -0.25) is 14.9 Å². The number of nitrogens with zero attached hydrogens (tertiary/aromatic N) is 1. The number of aryl methyl sites for hydroxylation is 1. The van der Waals surface area contributed by atoms with Gasteiger partial charge in [-0.1, -0.05) is 31.2 Å². The van der Waals surface area contributed by atoms with E-state index in [4.69, 9.17) is 4.74 Å². The first kappa shape index (κ1) is 17.0. The lowest BCUT2D eigenvalue weighted by Crippen LogP contribution is -2.20. The van der Waals surface area contributed by atoms with Gasteiger partial charge in [0.1, 0.15) is 5.75 Å². The monoisotopic (exact) mass is 340 g/mol. The first-order valence-electron chi connectivity index (χ1n) is 8.37. The van der Waals surface area contributed by atoms with E-state index in [9.17, 15) is 14.9 Å². The Morgan fingerprint density at radius 3 is 2.88 bits per heavy atom. The minimum atomic E-state index is -0.413. The van der Waals surface area contributed by atoms with E-state index in [-0.39, 0.29) is 17.5 Å². The maximum absolute atomic E-state index is 12.4. The number of hydrogen-bond acceptors (Lipinski definition) is 4. The number of hydrogen-bond donors (Lipinski definition) is 1. The second kappa shape index (κ2) is 7.34. The van der Waals surface area contributed by atoms with Gasteiger partial charge in [0.15, 0.2) is 0 Å². The first-order chi connectivity index (χ1) is 12.1. The van der Waals surface area contributed by atoms with Gasteiger partial charge in [0, 0.05) is 23.7 Å². The molecule has 0 saturated carbocycles. The molecule has 0 aromatic heterocycles. The van der Waals surface area contributed by atoms with Gasteiger partial charge in [-0.2, -0.15) is 0 Å². The Morgan fingerprint density at radius 1 is 1.32 bits per heavy atom. The number of nitro benzene ring substituents is 1. The van der Waals surface area contributed by atoms with Gasteiger partial charge in [0.05, 0.1) is 11.5 Å². The molecular weight excluding hydrogens is 320 g/mol. The van der Waals surface area contributed by atoms with Crippen molar-refractivity contribution in [1.82, 2.24) is 0 Å². The molecule has 0 saturated heterocycles. The molecule has 3 rings (SSSR count). The number of nitro groups is 1. The van der Waals surface area contributed by atoms with Crippen LogP contribution in [0, 0.1) is 10.1 Å². The normalized spacial score (nSPS) is 15.8. The molecule has 0 radical (unpaired) electrons. The third-order valence-corrected chi connectivity index (χ3v) is 4.46. The average Bonchev–Trinajstić information content (AvgIpc) is 2.62. The zero-order valence-corrected chi connectivity index (χ0v) is 14.0. The van der Waals surface area contributed by atoms with Crippen molar-refractivity contribution in [2.24, 2.45) is 0 Å². The predicted molar refractivity (Wildman–Crippen MR) is 95.0 cm³/mol. The van der Waals surface area contributed by atoms with Crippen LogP contribution in [0.3, 0.4) is 0 Å². The summed E-state index contributed by atoms with van der Waals surface area (Å²) in [5.74, 6) is 0.768. The molecule has 1 aliphatic rings. The van der Waals surface area contributed by atoms with E-state index in [1.807, 2.05) is 31.2 Å². The topological polar surface area (TPSA) is 81.5 Å². The van der Waals surface area contributed by atoms with Crippen molar-refractivity contribution >= 4 is 17.3 Å². The van der Waals surface area contributed by atoms with E-state index in [1.165, 1.54) is 6.07 Å². The van der Waals surface area contributed by atoms with Crippen LogP contribution < -0.4 is 10.1 Å². The molecule has 1 amide bonds. The van der Waals surface area contributed by atoms with Crippen molar-refractivity contribution in [1.29, 1.82) is 0 Å². The number of anilines is 1. The number of carbonyl (C=O) groups is 1. The lowest BCUT2D eigenvalue weighted by Gasteiger charge is -2.25. The zero-order valence-electron chi connectivity index (χ0n) is 14.0. The summed E-state index contributed by atoms with van der Waals surface area (Å²) in [4.78, 5) is 23.1. The first-order valence-corrected chi connectivity index (χ1v) is 8.37. The third kappa shape index (κ3) is 3.79. The van der Waals surface area contributed by atoms with Crippen LogP contribution in [0.4, 0.5) is 11.4 Å². The fraction of sp³-hybridized carbons (Fsp3) is 0.316. The van der Waals surface area contributed by atoms with Gasteiger partial charge < -0.3 is 10.1 Å². The fourth-order valence-electron chi connectivity index (χ4n) is 3.17. The van der Waals surface area contributed by atoms with E-state index in [1.54, 1.807) is 12.1 Å². The number of nitrogens with one attached hydrogen (secondary N) is 1. The Balaban J connectivity index is 1.72. The fourth-order valence-corrected chi connectivity index (χ4v) is 3.17. The number of fused-ring (bicyclic) bond motifs is 1. The predicted octanol–water partition coefficient (Wildman–Crippen LogP) is 4.05.